The van der Waals surface area contributed by atoms with Crippen LogP contribution in [0.25, 0.3) is 0 Å². The average molecular weight is 290 g/mol. The van der Waals surface area contributed by atoms with Crippen LogP contribution in [0.15, 0.2) is 24.3 Å². The van der Waals surface area contributed by atoms with E-state index in [1.165, 1.54) is 0 Å². The summed E-state index contributed by atoms with van der Waals surface area (Å²) in [4.78, 5) is 12.0. The van der Waals surface area contributed by atoms with Crippen LogP contribution in [0.2, 0.25) is 0 Å². The van der Waals surface area contributed by atoms with Gasteiger partial charge >= 0.3 is 5.97 Å². The van der Waals surface area contributed by atoms with Crippen LogP contribution < -0.4 is 4.74 Å². The molecule has 1 atom stereocenters. The zero-order valence-electron chi connectivity index (χ0n) is 12.5. The van der Waals surface area contributed by atoms with Crippen molar-refractivity contribution in [3.05, 3.63) is 29.8 Å². The molecule has 1 saturated carbocycles. The van der Waals surface area contributed by atoms with E-state index >= 15 is 0 Å². The summed E-state index contributed by atoms with van der Waals surface area (Å²) in [5, 5.41) is 0. The molecule has 1 aromatic rings. The van der Waals surface area contributed by atoms with Crippen molar-refractivity contribution in [3.8, 4) is 5.75 Å². The summed E-state index contributed by atoms with van der Waals surface area (Å²) in [6, 6.07) is 7.80. The maximum absolute atomic E-state index is 12.0. The molecule has 0 spiro atoms. The largest absolute Gasteiger partial charge is 0.482 e. The molecule has 0 bridgehead atoms. The van der Waals surface area contributed by atoms with Crippen LogP contribution >= 0.6 is 0 Å². The van der Waals surface area contributed by atoms with E-state index in [2.05, 4.69) is 6.92 Å². The first-order valence-electron chi connectivity index (χ1n) is 7.74. The van der Waals surface area contributed by atoms with Crippen LogP contribution in [-0.2, 0) is 20.7 Å². The number of carbonyl (C=O) groups is 1. The zero-order valence-corrected chi connectivity index (χ0v) is 12.5. The normalized spacial score (nSPS) is 22.8. The Kier molecular flexibility index (Phi) is 4.15. The highest BCUT2D eigenvalue weighted by molar-refractivity contribution is 5.72. The Morgan fingerprint density at radius 3 is 2.86 bits per heavy atom. The molecule has 4 nitrogen and oxygen atoms in total. The maximum atomic E-state index is 12.0. The summed E-state index contributed by atoms with van der Waals surface area (Å²) in [5.41, 5.74) is 0.844. The molecular weight excluding hydrogens is 268 g/mol. The fraction of sp³-hybridized carbons (Fsp3) is 0.588. The summed E-state index contributed by atoms with van der Waals surface area (Å²) in [7, 11) is 0. The number of rotatable bonds is 6. The lowest BCUT2D eigenvalue weighted by atomic mass is 9.99. The smallest absolute Gasteiger partial charge is 0.344 e. The molecule has 114 valence electrons. The molecule has 4 heteroatoms. The number of esters is 1. The van der Waals surface area contributed by atoms with Gasteiger partial charge in [0.15, 0.2) is 6.61 Å². The Morgan fingerprint density at radius 2 is 2.19 bits per heavy atom. The maximum Gasteiger partial charge on any atom is 0.344 e. The minimum Gasteiger partial charge on any atom is -0.482 e. The lowest BCUT2D eigenvalue weighted by Crippen LogP contribution is -2.31. The van der Waals surface area contributed by atoms with Crippen molar-refractivity contribution in [1.29, 1.82) is 0 Å². The van der Waals surface area contributed by atoms with E-state index in [0.717, 1.165) is 43.6 Å². The van der Waals surface area contributed by atoms with E-state index in [-0.39, 0.29) is 18.2 Å². The molecule has 1 unspecified atom stereocenters. The van der Waals surface area contributed by atoms with Crippen molar-refractivity contribution < 1.29 is 19.0 Å². The molecule has 1 heterocycles. The molecule has 0 N–H and O–H groups in total. The van der Waals surface area contributed by atoms with Crippen LogP contribution in [0.5, 0.6) is 5.75 Å². The molecule has 0 amide bonds. The van der Waals surface area contributed by atoms with Crippen molar-refractivity contribution in [3.63, 3.8) is 0 Å². The Hall–Kier alpha value is -1.55. The molecule has 1 saturated heterocycles. The quantitative estimate of drug-likeness (QED) is 0.756. The van der Waals surface area contributed by atoms with E-state index in [1.54, 1.807) is 0 Å². The molecule has 1 aromatic carbocycles. The highest BCUT2D eigenvalue weighted by Gasteiger charge is 2.54. The third-order valence-corrected chi connectivity index (χ3v) is 4.43. The minimum atomic E-state index is -0.273. The van der Waals surface area contributed by atoms with Gasteiger partial charge in [-0.3, -0.25) is 0 Å². The van der Waals surface area contributed by atoms with Gasteiger partial charge < -0.3 is 14.2 Å². The summed E-state index contributed by atoms with van der Waals surface area (Å²) >= 11 is 0. The van der Waals surface area contributed by atoms with E-state index < -0.39 is 0 Å². The van der Waals surface area contributed by atoms with Gasteiger partial charge in [0.1, 0.15) is 11.4 Å². The third-order valence-electron chi connectivity index (χ3n) is 4.43. The predicted octanol–water partition coefficient (Wildman–Crippen LogP) is 2.74. The van der Waals surface area contributed by atoms with Crippen molar-refractivity contribution in [1.82, 2.24) is 0 Å². The molecule has 0 aromatic heterocycles. The van der Waals surface area contributed by atoms with Crippen LogP contribution in [0, 0.1) is 5.92 Å². The van der Waals surface area contributed by atoms with Gasteiger partial charge in [-0.05, 0) is 37.3 Å². The van der Waals surface area contributed by atoms with Crippen LogP contribution in [0.1, 0.15) is 31.7 Å². The van der Waals surface area contributed by atoms with Gasteiger partial charge in [-0.25, -0.2) is 4.79 Å². The molecule has 1 aliphatic carbocycles. The van der Waals surface area contributed by atoms with Gasteiger partial charge in [-0.1, -0.05) is 25.1 Å². The fourth-order valence-electron chi connectivity index (χ4n) is 3.00. The lowest BCUT2D eigenvalue weighted by molar-refractivity contribution is -0.157. The van der Waals surface area contributed by atoms with Crippen LogP contribution in [0.4, 0.5) is 0 Å². The van der Waals surface area contributed by atoms with Gasteiger partial charge in [0, 0.05) is 12.5 Å². The van der Waals surface area contributed by atoms with Crippen molar-refractivity contribution in [2.45, 2.75) is 38.2 Å². The van der Waals surface area contributed by atoms with Gasteiger partial charge in [-0.2, -0.15) is 0 Å². The second kappa shape index (κ2) is 6.06. The summed E-state index contributed by atoms with van der Waals surface area (Å²) in [5.74, 6) is 0.862. The minimum absolute atomic E-state index is 0.0215. The highest BCUT2D eigenvalue weighted by atomic mass is 16.6. The van der Waals surface area contributed by atoms with Crippen molar-refractivity contribution in [2.75, 3.05) is 19.8 Å². The van der Waals surface area contributed by atoms with Crippen LogP contribution in [0.3, 0.4) is 0 Å². The van der Waals surface area contributed by atoms with Crippen LogP contribution in [-0.4, -0.2) is 31.4 Å². The Balaban J connectivity index is 1.53. The Bertz CT molecular complexity index is 501. The van der Waals surface area contributed by atoms with Crippen molar-refractivity contribution >= 4 is 5.97 Å². The fourth-order valence-corrected chi connectivity index (χ4v) is 3.00. The second-order valence-electron chi connectivity index (χ2n) is 5.85. The average Bonchev–Trinajstić information content (AvgIpc) is 3.06. The van der Waals surface area contributed by atoms with Gasteiger partial charge in [-0.15, -0.1) is 0 Å². The van der Waals surface area contributed by atoms with E-state index in [9.17, 15) is 4.79 Å². The summed E-state index contributed by atoms with van der Waals surface area (Å²) in [6.07, 6.45) is 3.79. The number of carbonyl (C=O) groups excluding carboxylic acids is 1. The number of hydrogen-bond donors (Lipinski definition) is 0. The SMILES string of the molecule is CCc1ccccc1OCC(=O)OC1(C2CCOC2)CC1. The molecule has 21 heavy (non-hydrogen) atoms. The molecule has 2 fully saturated rings. The predicted molar refractivity (Wildman–Crippen MR) is 78.3 cm³/mol. The molecule has 3 rings (SSSR count). The monoisotopic (exact) mass is 290 g/mol. The Labute approximate surface area is 125 Å². The first-order valence-corrected chi connectivity index (χ1v) is 7.74. The highest BCUT2D eigenvalue weighted by Crippen LogP contribution is 2.49. The third kappa shape index (κ3) is 3.21. The number of hydrogen-bond acceptors (Lipinski definition) is 4. The zero-order chi connectivity index (χ0) is 14.7. The van der Waals surface area contributed by atoms with E-state index in [1.807, 2.05) is 24.3 Å². The number of aryl methyl sites for hydroxylation is 1. The second-order valence-corrected chi connectivity index (χ2v) is 5.85. The topological polar surface area (TPSA) is 44.8 Å². The molecule has 2 aliphatic rings. The first kappa shape index (κ1) is 14.4. The number of para-hydroxylation sites is 1. The van der Waals surface area contributed by atoms with Gasteiger partial charge in [0.25, 0.3) is 0 Å². The molecular formula is C17H22O4. The number of benzene rings is 1. The molecule has 1 aliphatic heterocycles. The standard InChI is InChI=1S/C17H22O4/c1-2-13-5-3-4-6-15(13)20-12-16(18)21-17(8-9-17)14-7-10-19-11-14/h3-6,14H,2,7-12H2,1H3. The van der Waals surface area contributed by atoms with Gasteiger partial charge in [0.05, 0.1) is 6.61 Å². The first-order chi connectivity index (χ1) is 10.2. The number of ether oxygens (including phenoxy) is 3. The van der Waals surface area contributed by atoms with E-state index in [4.69, 9.17) is 14.2 Å². The van der Waals surface area contributed by atoms with E-state index in [0.29, 0.717) is 12.5 Å². The Morgan fingerprint density at radius 1 is 1.38 bits per heavy atom. The summed E-state index contributed by atoms with van der Waals surface area (Å²) in [6.45, 7) is 3.54. The van der Waals surface area contributed by atoms with Crippen molar-refractivity contribution in [2.24, 2.45) is 5.92 Å². The van der Waals surface area contributed by atoms with Gasteiger partial charge in [0.2, 0.25) is 0 Å². The lowest BCUT2D eigenvalue weighted by Gasteiger charge is -2.22. The summed E-state index contributed by atoms with van der Waals surface area (Å²) < 4.78 is 16.7. The molecule has 0 radical (unpaired) electrons.